The maximum absolute atomic E-state index is 11.7. The Kier molecular flexibility index (Phi) is 8.03. The van der Waals surface area contributed by atoms with Crippen molar-refractivity contribution in [3.05, 3.63) is 77.9 Å². The monoisotopic (exact) mass is 459 g/mol. The Balaban J connectivity index is 0.000000248. The van der Waals surface area contributed by atoms with Crippen molar-refractivity contribution in [2.24, 2.45) is 0 Å². The molecule has 1 aliphatic heterocycles. The van der Waals surface area contributed by atoms with Gasteiger partial charge < -0.3 is 20.7 Å². The van der Waals surface area contributed by atoms with E-state index in [1.165, 1.54) is 19.6 Å². The number of fused-ring (bicyclic) bond motifs is 1. The molecule has 7 nitrogen and oxygen atoms in total. The van der Waals surface area contributed by atoms with Crippen molar-refractivity contribution in [1.29, 1.82) is 0 Å². The Hall–Kier alpha value is -4.13. The first-order valence-corrected chi connectivity index (χ1v) is 11.0. The van der Waals surface area contributed by atoms with E-state index in [0.717, 1.165) is 41.9 Å². The number of nitrogen functional groups attached to an aromatic ring is 1. The van der Waals surface area contributed by atoms with Gasteiger partial charge in [-0.05, 0) is 65.9 Å². The van der Waals surface area contributed by atoms with Crippen LogP contribution in [0.5, 0.6) is 0 Å². The highest BCUT2D eigenvalue weighted by atomic mass is 16.5. The van der Waals surface area contributed by atoms with E-state index in [2.05, 4.69) is 16.1 Å². The van der Waals surface area contributed by atoms with Crippen LogP contribution in [0.15, 0.2) is 66.7 Å². The van der Waals surface area contributed by atoms with E-state index >= 15 is 0 Å². The maximum Gasteiger partial charge on any atom is 0.339 e. The van der Waals surface area contributed by atoms with Crippen LogP contribution in [-0.4, -0.2) is 31.4 Å². The van der Waals surface area contributed by atoms with E-state index in [0.29, 0.717) is 11.3 Å². The number of nitrogens with zero attached hydrogens (tertiary/aromatic N) is 1. The van der Waals surface area contributed by atoms with Crippen LogP contribution in [0.2, 0.25) is 0 Å². The van der Waals surface area contributed by atoms with Crippen molar-refractivity contribution in [3.63, 3.8) is 0 Å². The lowest BCUT2D eigenvalue weighted by molar-refractivity contribution is -0.116. The highest BCUT2D eigenvalue weighted by Gasteiger charge is 2.20. The third kappa shape index (κ3) is 6.01. The molecule has 0 saturated heterocycles. The first-order chi connectivity index (χ1) is 16.3. The Morgan fingerprint density at radius 1 is 0.941 bits per heavy atom. The first-order valence-electron chi connectivity index (χ1n) is 11.0. The number of nitrogens with two attached hydrogens (primary N) is 1. The van der Waals surface area contributed by atoms with Crippen molar-refractivity contribution < 1.29 is 19.1 Å². The van der Waals surface area contributed by atoms with Gasteiger partial charge in [0.15, 0.2) is 0 Å². The summed E-state index contributed by atoms with van der Waals surface area (Å²) in [6.45, 7) is 3.90. The summed E-state index contributed by atoms with van der Waals surface area (Å²) >= 11 is 0. The molecule has 1 heterocycles. The molecule has 0 radical (unpaired) electrons. The molecule has 1 aliphatic rings. The fourth-order valence-electron chi connectivity index (χ4n) is 3.88. The molecule has 0 fully saturated rings. The van der Waals surface area contributed by atoms with Crippen LogP contribution in [0.1, 0.15) is 36.2 Å². The number of hydrogen-bond acceptors (Lipinski definition) is 5. The molecule has 0 unspecified atom stereocenters. The van der Waals surface area contributed by atoms with Crippen molar-refractivity contribution in [1.82, 2.24) is 0 Å². The molecule has 0 atom stereocenters. The number of anilines is 3. The van der Waals surface area contributed by atoms with E-state index in [-0.39, 0.29) is 11.8 Å². The highest BCUT2D eigenvalue weighted by Crippen LogP contribution is 2.32. The summed E-state index contributed by atoms with van der Waals surface area (Å²) < 4.78 is 4.50. The lowest BCUT2D eigenvalue weighted by Crippen LogP contribution is -2.33. The quantitative estimate of drug-likeness (QED) is 0.438. The SMILES string of the molecule is CC(=O)Nc1cccc(-c2ccc3c(c2)CCCN3C(C)=O)c1.COC(=O)c1ccccc1N. The third-order valence-electron chi connectivity index (χ3n) is 5.46. The predicted molar refractivity (Wildman–Crippen MR) is 135 cm³/mol. The van der Waals surface area contributed by atoms with Crippen molar-refractivity contribution >= 4 is 34.8 Å². The van der Waals surface area contributed by atoms with Crippen LogP contribution in [-0.2, 0) is 20.7 Å². The average molecular weight is 460 g/mol. The van der Waals surface area contributed by atoms with Crippen molar-refractivity contribution in [3.8, 4) is 11.1 Å². The van der Waals surface area contributed by atoms with Gasteiger partial charge in [-0.25, -0.2) is 4.79 Å². The van der Waals surface area contributed by atoms with E-state index in [9.17, 15) is 14.4 Å². The second kappa shape index (κ2) is 11.1. The number of aryl methyl sites for hydroxylation is 1. The number of esters is 1. The molecular formula is C27H29N3O4. The highest BCUT2D eigenvalue weighted by molar-refractivity contribution is 5.95. The number of methoxy groups -OCH3 is 1. The number of nitrogens with one attached hydrogen (secondary N) is 1. The molecule has 0 spiro atoms. The van der Waals surface area contributed by atoms with E-state index in [4.69, 9.17) is 5.73 Å². The Morgan fingerprint density at radius 2 is 1.68 bits per heavy atom. The molecule has 0 aromatic heterocycles. The first kappa shape index (κ1) is 24.5. The van der Waals surface area contributed by atoms with Gasteiger partial charge in [0, 0.05) is 37.5 Å². The number of benzene rings is 3. The number of rotatable bonds is 3. The molecule has 0 aliphatic carbocycles. The number of carbonyl (C=O) groups is 3. The number of amides is 2. The van der Waals surface area contributed by atoms with Gasteiger partial charge in [-0.1, -0.05) is 30.3 Å². The molecular weight excluding hydrogens is 430 g/mol. The van der Waals surface area contributed by atoms with E-state index in [1.54, 1.807) is 31.2 Å². The minimum absolute atomic E-state index is 0.0790. The number of carbonyl (C=O) groups excluding carboxylic acids is 3. The molecule has 3 aromatic carbocycles. The molecule has 4 rings (SSSR count). The molecule has 0 bridgehead atoms. The van der Waals surface area contributed by atoms with Gasteiger partial charge in [-0.3, -0.25) is 9.59 Å². The van der Waals surface area contributed by atoms with Gasteiger partial charge in [-0.15, -0.1) is 0 Å². The Morgan fingerprint density at radius 3 is 2.35 bits per heavy atom. The van der Waals surface area contributed by atoms with E-state index in [1.807, 2.05) is 41.3 Å². The lowest BCUT2D eigenvalue weighted by Gasteiger charge is -2.29. The van der Waals surface area contributed by atoms with Gasteiger partial charge >= 0.3 is 5.97 Å². The second-order valence-electron chi connectivity index (χ2n) is 7.96. The summed E-state index contributed by atoms with van der Waals surface area (Å²) in [5.74, 6) is -0.390. The average Bonchev–Trinajstić information content (AvgIpc) is 2.83. The van der Waals surface area contributed by atoms with Crippen LogP contribution >= 0.6 is 0 Å². The normalized spacial score (nSPS) is 12.0. The molecule has 7 heteroatoms. The van der Waals surface area contributed by atoms with Crippen LogP contribution < -0.4 is 16.0 Å². The zero-order chi connectivity index (χ0) is 24.7. The molecule has 3 N–H and O–H groups in total. The zero-order valence-electron chi connectivity index (χ0n) is 19.6. The second-order valence-corrected chi connectivity index (χ2v) is 7.96. The lowest BCUT2D eigenvalue weighted by atomic mass is 9.96. The summed E-state index contributed by atoms with van der Waals surface area (Å²) in [6, 6.07) is 20.8. The number of ether oxygens (including phenoxy) is 1. The predicted octanol–water partition coefficient (Wildman–Crippen LogP) is 4.67. The van der Waals surface area contributed by atoms with Crippen LogP contribution in [0, 0.1) is 0 Å². The third-order valence-corrected chi connectivity index (χ3v) is 5.46. The van der Waals surface area contributed by atoms with Gasteiger partial charge in [0.05, 0.1) is 12.7 Å². The van der Waals surface area contributed by atoms with Gasteiger partial charge in [0.1, 0.15) is 0 Å². The van der Waals surface area contributed by atoms with Crippen molar-refractivity contribution in [2.45, 2.75) is 26.7 Å². The van der Waals surface area contributed by atoms with Gasteiger partial charge in [0.2, 0.25) is 11.8 Å². The minimum Gasteiger partial charge on any atom is -0.465 e. The van der Waals surface area contributed by atoms with Crippen LogP contribution in [0.3, 0.4) is 0 Å². The summed E-state index contributed by atoms with van der Waals surface area (Å²) in [7, 11) is 1.33. The molecule has 0 saturated carbocycles. The summed E-state index contributed by atoms with van der Waals surface area (Å²) in [4.78, 5) is 35.7. The number of hydrogen-bond donors (Lipinski definition) is 2. The molecule has 34 heavy (non-hydrogen) atoms. The standard InChI is InChI=1S/C19H20N2O2.C8H9NO2/c1-13(22)20-18-7-3-5-15(12-18)16-8-9-19-17(11-16)6-4-10-21(19)14(2)23;1-11-8(10)6-4-2-3-5-7(6)9/h3,5,7-9,11-12H,4,6,10H2,1-2H3,(H,20,22);2-5H,9H2,1H3. The number of para-hydroxylation sites is 1. The minimum atomic E-state index is -0.400. The fourth-order valence-corrected chi connectivity index (χ4v) is 3.88. The van der Waals surface area contributed by atoms with Gasteiger partial charge in [-0.2, -0.15) is 0 Å². The van der Waals surface area contributed by atoms with Crippen LogP contribution in [0.25, 0.3) is 11.1 Å². The largest absolute Gasteiger partial charge is 0.465 e. The molecule has 2 amide bonds. The molecule has 176 valence electrons. The smallest absolute Gasteiger partial charge is 0.339 e. The Bertz CT molecular complexity index is 1210. The Labute approximate surface area is 199 Å². The summed E-state index contributed by atoms with van der Waals surface area (Å²) in [6.07, 6.45) is 1.97. The zero-order valence-corrected chi connectivity index (χ0v) is 19.6. The maximum atomic E-state index is 11.7. The van der Waals surface area contributed by atoms with E-state index < -0.39 is 5.97 Å². The molecule has 3 aromatic rings. The summed E-state index contributed by atoms with van der Waals surface area (Å²) in [5.41, 5.74) is 11.5. The van der Waals surface area contributed by atoms with Crippen LogP contribution in [0.4, 0.5) is 17.1 Å². The van der Waals surface area contributed by atoms with Crippen molar-refractivity contribution in [2.75, 3.05) is 29.6 Å². The fraction of sp³-hybridized carbons (Fsp3) is 0.222. The topological polar surface area (TPSA) is 102 Å². The summed E-state index contributed by atoms with van der Waals surface area (Å²) in [5, 5.41) is 2.81. The van der Waals surface area contributed by atoms with Gasteiger partial charge in [0.25, 0.3) is 0 Å².